The molecule has 10 nitrogen and oxygen atoms in total. The number of alkyl halides is 3. The van der Waals surface area contributed by atoms with Crippen molar-refractivity contribution in [2.24, 2.45) is 5.41 Å². The van der Waals surface area contributed by atoms with Crippen molar-refractivity contribution in [3.05, 3.63) is 44.5 Å². The zero-order valence-corrected chi connectivity index (χ0v) is 25.2. The second-order valence-corrected chi connectivity index (χ2v) is 13.0. The van der Waals surface area contributed by atoms with Crippen LogP contribution in [0.1, 0.15) is 38.2 Å². The van der Waals surface area contributed by atoms with Crippen LogP contribution in [0.3, 0.4) is 0 Å². The first-order chi connectivity index (χ1) is 21.1. The Morgan fingerprint density at radius 1 is 1.20 bits per heavy atom. The van der Waals surface area contributed by atoms with Crippen LogP contribution in [-0.2, 0) is 6.18 Å². The molecule has 45 heavy (non-hydrogen) atoms. The number of aromatic nitrogens is 2. The number of nitrogens with two attached hydrogens (primary N) is 1. The van der Waals surface area contributed by atoms with E-state index >= 15 is 8.78 Å². The number of nitrogens with zero attached hydrogens (tertiary/aromatic N) is 5. The molecule has 1 unspecified atom stereocenters. The Hall–Kier alpha value is -3.56. The minimum atomic E-state index is -5.33. The predicted molar refractivity (Wildman–Crippen MR) is 158 cm³/mol. The van der Waals surface area contributed by atoms with E-state index in [9.17, 15) is 23.3 Å². The van der Waals surface area contributed by atoms with Gasteiger partial charge in [-0.1, -0.05) is 18.5 Å². The quantitative estimate of drug-likeness (QED) is 0.147. The summed E-state index contributed by atoms with van der Waals surface area (Å²) >= 11 is 5.86. The number of piperidine rings is 1. The van der Waals surface area contributed by atoms with Gasteiger partial charge in [-0.2, -0.15) is 23.1 Å². The smallest absolute Gasteiger partial charge is 0.418 e. The average Bonchev–Trinajstić information content (AvgIpc) is 3.27. The fourth-order valence-corrected chi connectivity index (χ4v) is 7.30. The highest BCUT2D eigenvalue weighted by Crippen LogP contribution is 2.50. The molecular formula is C29H31ClF5N7O3. The first-order valence-electron chi connectivity index (χ1n) is 14.5. The minimum Gasteiger partial charge on any atom is -0.463 e. The molecule has 3 saturated heterocycles. The summed E-state index contributed by atoms with van der Waals surface area (Å²) in [6.45, 7) is 4.77. The second-order valence-electron chi connectivity index (χ2n) is 12.6. The lowest BCUT2D eigenvalue weighted by molar-refractivity contribution is -0.383. The van der Waals surface area contributed by atoms with E-state index in [1.54, 1.807) is 0 Å². The number of ether oxygens (including phenoxy) is 1. The van der Waals surface area contributed by atoms with Crippen LogP contribution in [0.2, 0.25) is 5.02 Å². The molecule has 3 aromatic rings. The lowest BCUT2D eigenvalue weighted by atomic mass is 9.83. The van der Waals surface area contributed by atoms with Gasteiger partial charge in [-0.25, -0.2) is 8.78 Å². The Kier molecular flexibility index (Phi) is 7.93. The van der Waals surface area contributed by atoms with E-state index in [0.29, 0.717) is 19.2 Å². The van der Waals surface area contributed by atoms with Gasteiger partial charge < -0.3 is 25.6 Å². The largest absolute Gasteiger partial charge is 0.463 e. The van der Waals surface area contributed by atoms with E-state index in [-0.39, 0.29) is 41.3 Å². The average molecular weight is 656 g/mol. The van der Waals surface area contributed by atoms with E-state index in [4.69, 9.17) is 22.1 Å². The van der Waals surface area contributed by atoms with Crippen LogP contribution in [0, 0.1) is 27.2 Å². The SMILES string of the molecule is CN1CCCC(C)(COc2nc(N3C[C@H]4CC[C@@H](C3)N4)c3cc(F)c(-c4c([N+](=O)[O-])c(N)cc(Cl)c4C(F)(F)F)c(F)c3n2)C1. The number of hydrogen-bond acceptors (Lipinski definition) is 9. The summed E-state index contributed by atoms with van der Waals surface area (Å²) in [7, 11) is 1.99. The highest BCUT2D eigenvalue weighted by molar-refractivity contribution is 6.32. The van der Waals surface area contributed by atoms with Gasteiger partial charge in [0, 0.05) is 42.5 Å². The molecule has 3 fully saturated rings. The van der Waals surface area contributed by atoms with Gasteiger partial charge in [0.15, 0.2) is 5.82 Å². The Morgan fingerprint density at radius 3 is 2.51 bits per heavy atom. The van der Waals surface area contributed by atoms with Crippen molar-refractivity contribution in [3.63, 3.8) is 0 Å². The monoisotopic (exact) mass is 655 g/mol. The van der Waals surface area contributed by atoms with E-state index in [0.717, 1.165) is 44.8 Å². The maximum Gasteiger partial charge on any atom is 0.418 e. The summed E-state index contributed by atoms with van der Waals surface area (Å²) in [5, 5.41) is 14.3. The van der Waals surface area contributed by atoms with E-state index < -0.39 is 61.3 Å². The second kappa shape index (κ2) is 11.4. The number of nitrogen functional groups attached to an aromatic ring is 1. The third-order valence-corrected chi connectivity index (χ3v) is 9.18. The predicted octanol–water partition coefficient (Wildman–Crippen LogP) is 5.79. The van der Waals surface area contributed by atoms with Crippen LogP contribution >= 0.6 is 11.6 Å². The van der Waals surface area contributed by atoms with E-state index in [1.165, 1.54) is 0 Å². The summed E-state index contributed by atoms with van der Waals surface area (Å²) in [6, 6.07) is 1.31. The lowest BCUT2D eigenvalue weighted by Crippen LogP contribution is -2.51. The molecule has 3 N–H and O–H groups in total. The zero-order valence-electron chi connectivity index (χ0n) is 24.5. The Balaban J connectivity index is 1.57. The Morgan fingerprint density at radius 2 is 1.89 bits per heavy atom. The molecule has 0 amide bonds. The Labute approximate surface area is 259 Å². The number of anilines is 2. The number of nitro groups is 1. The van der Waals surface area contributed by atoms with Gasteiger partial charge in [-0.15, -0.1) is 0 Å². The normalized spacial score (nSPS) is 24.0. The van der Waals surface area contributed by atoms with Crippen LogP contribution in [0.5, 0.6) is 6.01 Å². The maximum atomic E-state index is 16.6. The molecule has 3 aliphatic rings. The van der Waals surface area contributed by atoms with Crippen molar-refractivity contribution in [1.82, 2.24) is 20.2 Å². The van der Waals surface area contributed by atoms with Crippen LogP contribution in [0.15, 0.2) is 12.1 Å². The van der Waals surface area contributed by atoms with Gasteiger partial charge in [-0.05, 0) is 51.4 Å². The molecule has 4 heterocycles. The topological polar surface area (TPSA) is 123 Å². The molecule has 0 spiro atoms. The summed E-state index contributed by atoms with van der Waals surface area (Å²) < 4.78 is 81.5. The number of hydrogen-bond donors (Lipinski definition) is 2. The van der Waals surface area contributed by atoms with E-state index in [2.05, 4.69) is 20.2 Å². The molecule has 0 radical (unpaired) electrons. The van der Waals surface area contributed by atoms with Crippen LogP contribution < -0.4 is 20.7 Å². The number of nitrogens with one attached hydrogen (secondary N) is 1. The summed E-state index contributed by atoms with van der Waals surface area (Å²) in [5.74, 6) is -2.90. The molecule has 0 saturated carbocycles. The van der Waals surface area contributed by atoms with Gasteiger partial charge in [0.05, 0.1) is 33.2 Å². The van der Waals surface area contributed by atoms with Crippen molar-refractivity contribution in [3.8, 4) is 17.1 Å². The first kappa shape index (κ1) is 31.4. The fraction of sp³-hybridized carbons (Fsp3) is 0.517. The van der Waals surface area contributed by atoms with Crippen LogP contribution in [0.25, 0.3) is 22.0 Å². The third kappa shape index (κ3) is 5.81. The molecular weight excluding hydrogens is 625 g/mol. The van der Waals surface area contributed by atoms with Crippen molar-refractivity contribution >= 4 is 39.7 Å². The number of rotatable bonds is 6. The molecule has 242 valence electrons. The summed E-state index contributed by atoms with van der Waals surface area (Å²) in [5.41, 5.74) is -1.80. The van der Waals surface area contributed by atoms with Gasteiger partial charge >= 0.3 is 17.9 Å². The number of halogens is 6. The summed E-state index contributed by atoms with van der Waals surface area (Å²) in [4.78, 5) is 23.5. The molecule has 0 aliphatic carbocycles. The third-order valence-electron chi connectivity index (χ3n) is 8.88. The van der Waals surface area contributed by atoms with Crippen molar-refractivity contribution in [1.29, 1.82) is 0 Å². The van der Waals surface area contributed by atoms with Crippen molar-refractivity contribution < 1.29 is 31.6 Å². The van der Waals surface area contributed by atoms with Crippen molar-refractivity contribution in [2.75, 3.05) is 50.5 Å². The number of nitro benzene ring substituents is 1. The molecule has 2 aromatic carbocycles. The van der Waals surface area contributed by atoms with Gasteiger partial charge in [0.2, 0.25) is 0 Å². The van der Waals surface area contributed by atoms with Crippen LogP contribution in [0.4, 0.5) is 39.1 Å². The molecule has 2 bridgehead atoms. The molecule has 6 rings (SSSR count). The highest BCUT2D eigenvalue weighted by atomic mass is 35.5. The van der Waals surface area contributed by atoms with Gasteiger partial charge in [-0.3, -0.25) is 10.1 Å². The molecule has 3 atom stereocenters. The lowest BCUT2D eigenvalue weighted by Gasteiger charge is -2.38. The molecule has 1 aromatic heterocycles. The zero-order chi connectivity index (χ0) is 32.4. The Bertz CT molecular complexity index is 1680. The fourth-order valence-electron chi connectivity index (χ4n) is 6.98. The number of likely N-dealkylation sites (tertiary alicyclic amines) is 1. The van der Waals surface area contributed by atoms with Crippen molar-refractivity contribution in [2.45, 2.75) is 50.9 Å². The van der Waals surface area contributed by atoms with Gasteiger partial charge in [0.25, 0.3) is 0 Å². The maximum absolute atomic E-state index is 16.6. The minimum absolute atomic E-state index is 0.107. The number of fused-ring (bicyclic) bond motifs is 3. The summed E-state index contributed by atoms with van der Waals surface area (Å²) in [6.07, 6.45) is -1.75. The van der Waals surface area contributed by atoms with Gasteiger partial charge in [0.1, 0.15) is 22.8 Å². The standard InChI is InChI=1S/C29H31ClF5N7O3/c1-28(6-3-7-40(2)12-28)13-45-27-38-24-16(26(39-27)41-10-14-4-5-15(11-41)37-14)8-18(31)20(23(24)32)21-22(29(33,34)35)17(30)9-19(36)25(21)42(43)44/h8-9,14-15,37H,3-7,10-13,36H2,1-2H3/t14-,15+,28?. The number of piperazine rings is 1. The van der Waals surface area contributed by atoms with E-state index in [1.807, 2.05) is 18.9 Å². The highest BCUT2D eigenvalue weighted by Gasteiger charge is 2.44. The number of benzene rings is 2. The first-order valence-corrected chi connectivity index (χ1v) is 14.9. The molecule has 16 heteroatoms. The molecule has 3 aliphatic heterocycles. The van der Waals surface area contributed by atoms with Crippen LogP contribution in [-0.4, -0.2) is 71.7 Å².